The van der Waals surface area contributed by atoms with Crippen LogP contribution in [0, 0.1) is 5.92 Å². The van der Waals surface area contributed by atoms with E-state index in [4.69, 9.17) is 0 Å². The highest BCUT2D eigenvalue weighted by molar-refractivity contribution is 5.94. The van der Waals surface area contributed by atoms with Gasteiger partial charge in [0.2, 0.25) is 11.5 Å². The number of pyridine rings is 1. The molecule has 0 aromatic carbocycles. The fourth-order valence-electron chi connectivity index (χ4n) is 3.33. The number of hydrogen-bond donors (Lipinski definition) is 2. The topological polar surface area (TPSA) is 82.3 Å². The lowest BCUT2D eigenvalue weighted by molar-refractivity contribution is -0.128. The second-order valence-corrected chi connectivity index (χ2v) is 7.02. The van der Waals surface area contributed by atoms with E-state index in [1.165, 1.54) is 6.07 Å². The fraction of sp³-hybridized carbons (Fsp3) is 0.588. The number of hydrogen-bond acceptors (Lipinski definition) is 3. The number of aromatic nitrogens is 1. The molecule has 2 heterocycles. The van der Waals surface area contributed by atoms with E-state index in [2.05, 4.69) is 10.3 Å². The van der Waals surface area contributed by atoms with Crippen molar-refractivity contribution in [2.75, 3.05) is 13.1 Å². The molecule has 6 nitrogen and oxygen atoms in total. The highest BCUT2D eigenvalue weighted by Crippen LogP contribution is 2.38. The van der Waals surface area contributed by atoms with Gasteiger partial charge >= 0.3 is 0 Å². The van der Waals surface area contributed by atoms with Crippen LogP contribution < -0.4 is 10.9 Å². The number of carbonyl (C=O) groups is 2. The standard InChI is InChI=1S/C17H21N3O3/c21-15-7-12(6-14(19-15)11-1-2-11)17(23)18-8-10-5-16(22)20(9-10)13-3-4-13/h6-7,10-11,13H,1-5,8-9H2,(H,18,23)(H,19,21)/t10-/m1/s1. The van der Waals surface area contributed by atoms with E-state index in [1.807, 2.05) is 4.90 Å². The smallest absolute Gasteiger partial charge is 0.251 e. The Kier molecular flexibility index (Phi) is 3.47. The van der Waals surface area contributed by atoms with Crippen molar-refractivity contribution in [2.45, 2.75) is 44.1 Å². The molecule has 6 heteroatoms. The van der Waals surface area contributed by atoms with Gasteiger partial charge in [0.15, 0.2) is 0 Å². The molecule has 3 fully saturated rings. The molecule has 2 saturated carbocycles. The Bertz CT molecular complexity index is 703. The van der Waals surface area contributed by atoms with Crippen molar-refractivity contribution in [2.24, 2.45) is 5.92 Å². The van der Waals surface area contributed by atoms with Gasteiger partial charge in [0, 0.05) is 48.8 Å². The van der Waals surface area contributed by atoms with E-state index in [-0.39, 0.29) is 23.3 Å². The summed E-state index contributed by atoms with van der Waals surface area (Å²) in [6, 6.07) is 3.57. The molecule has 3 aliphatic rings. The average Bonchev–Trinajstić information content (AvgIpc) is 3.42. The molecule has 0 spiro atoms. The van der Waals surface area contributed by atoms with Gasteiger partial charge in [0.25, 0.3) is 5.91 Å². The maximum Gasteiger partial charge on any atom is 0.251 e. The van der Waals surface area contributed by atoms with Gasteiger partial charge in [-0.3, -0.25) is 14.4 Å². The Morgan fingerprint density at radius 1 is 1.22 bits per heavy atom. The Hall–Kier alpha value is -2.11. The monoisotopic (exact) mass is 315 g/mol. The second kappa shape index (κ2) is 5.51. The Morgan fingerprint density at radius 3 is 2.70 bits per heavy atom. The first-order valence-electron chi connectivity index (χ1n) is 8.42. The summed E-state index contributed by atoms with van der Waals surface area (Å²) in [6.45, 7) is 1.23. The van der Waals surface area contributed by atoms with E-state index in [1.54, 1.807) is 6.07 Å². The van der Waals surface area contributed by atoms with Gasteiger partial charge in [-0.1, -0.05) is 0 Å². The molecule has 1 aromatic heterocycles. The van der Waals surface area contributed by atoms with Crippen molar-refractivity contribution in [1.29, 1.82) is 0 Å². The first kappa shape index (κ1) is 14.5. The van der Waals surface area contributed by atoms with E-state index in [0.29, 0.717) is 30.5 Å². The molecule has 4 rings (SSSR count). The van der Waals surface area contributed by atoms with Gasteiger partial charge in [-0.05, 0) is 37.7 Å². The van der Waals surface area contributed by atoms with Crippen LogP contribution >= 0.6 is 0 Å². The van der Waals surface area contributed by atoms with Crippen LogP contribution in [0.4, 0.5) is 0 Å². The number of nitrogens with zero attached hydrogens (tertiary/aromatic N) is 1. The number of nitrogens with one attached hydrogen (secondary N) is 2. The normalized spacial score (nSPS) is 24.1. The third-order valence-electron chi connectivity index (χ3n) is 4.92. The maximum absolute atomic E-state index is 12.3. The van der Waals surface area contributed by atoms with Crippen LogP contribution in [-0.2, 0) is 4.79 Å². The minimum absolute atomic E-state index is 0.178. The fourth-order valence-corrected chi connectivity index (χ4v) is 3.33. The molecule has 23 heavy (non-hydrogen) atoms. The highest BCUT2D eigenvalue weighted by atomic mass is 16.2. The van der Waals surface area contributed by atoms with E-state index in [0.717, 1.165) is 37.9 Å². The lowest BCUT2D eigenvalue weighted by atomic mass is 10.1. The van der Waals surface area contributed by atoms with Crippen molar-refractivity contribution in [3.8, 4) is 0 Å². The van der Waals surface area contributed by atoms with Gasteiger partial charge in [-0.2, -0.15) is 0 Å². The Labute approximate surface area is 134 Å². The van der Waals surface area contributed by atoms with Crippen molar-refractivity contribution < 1.29 is 9.59 Å². The zero-order valence-corrected chi connectivity index (χ0v) is 13.0. The summed E-state index contributed by atoms with van der Waals surface area (Å²) >= 11 is 0. The highest BCUT2D eigenvalue weighted by Gasteiger charge is 2.39. The summed E-state index contributed by atoms with van der Waals surface area (Å²) in [5, 5.41) is 2.88. The molecule has 1 atom stereocenters. The molecule has 0 radical (unpaired) electrons. The number of rotatable bonds is 5. The molecule has 122 valence electrons. The maximum atomic E-state index is 12.3. The summed E-state index contributed by atoms with van der Waals surface area (Å²) in [6.07, 6.45) is 4.88. The Morgan fingerprint density at radius 2 is 2.00 bits per heavy atom. The van der Waals surface area contributed by atoms with Gasteiger partial charge < -0.3 is 15.2 Å². The van der Waals surface area contributed by atoms with Gasteiger partial charge in [-0.15, -0.1) is 0 Å². The summed E-state index contributed by atoms with van der Waals surface area (Å²) in [4.78, 5) is 40.7. The summed E-state index contributed by atoms with van der Waals surface area (Å²) in [5.41, 5.74) is 1.05. The Balaban J connectivity index is 1.37. The molecule has 0 bridgehead atoms. The minimum Gasteiger partial charge on any atom is -0.352 e. The second-order valence-electron chi connectivity index (χ2n) is 7.02. The number of carbonyl (C=O) groups excluding carboxylic acids is 2. The summed E-state index contributed by atoms with van der Waals surface area (Å²) in [5.74, 6) is 0.557. The van der Waals surface area contributed by atoms with Crippen molar-refractivity contribution in [3.63, 3.8) is 0 Å². The largest absolute Gasteiger partial charge is 0.352 e. The number of amides is 2. The summed E-state index contributed by atoms with van der Waals surface area (Å²) < 4.78 is 0. The molecule has 1 aliphatic heterocycles. The first-order chi connectivity index (χ1) is 11.1. The molecule has 2 aliphatic carbocycles. The zero-order valence-electron chi connectivity index (χ0n) is 13.0. The minimum atomic E-state index is -0.227. The third-order valence-corrected chi connectivity index (χ3v) is 4.92. The van der Waals surface area contributed by atoms with Crippen molar-refractivity contribution >= 4 is 11.8 Å². The number of H-pyrrole nitrogens is 1. The van der Waals surface area contributed by atoms with Gasteiger partial charge in [0.05, 0.1) is 0 Å². The molecular weight excluding hydrogens is 294 g/mol. The van der Waals surface area contributed by atoms with Crippen LogP contribution in [0.1, 0.15) is 54.1 Å². The molecule has 0 unspecified atom stereocenters. The molecular formula is C17H21N3O3. The van der Waals surface area contributed by atoms with Crippen LogP contribution in [0.25, 0.3) is 0 Å². The number of likely N-dealkylation sites (tertiary alicyclic amines) is 1. The molecule has 1 saturated heterocycles. The first-order valence-corrected chi connectivity index (χ1v) is 8.42. The van der Waals surface area contributed by atoms with E-state index >= 15 is 0 Å². The third kappa shape index (κ3) is 3.16. The zero-order chi connectivity index (χ0) is 16.0. The van der Waals surface area contributed by atoms with E-state index in [9.17, 15) is 14.4 Å². The van der Waals surface area contributed by atoms with Crippen LogP contribution in [0.15, 0.2) is 16.9 Å². The molecule has 2 N–H and O–H groups in total. The number of aromatic amines is 1. The summed E-state index contributed by atoms with van der Waals surface area (Å²) in [7, 11) is 0. The predicted molar refractivity (Wildman–Crippen MR) is 84.2 cm³/mol. The molecule has 2 amide bonds. The SMILES string of the molecule is O=C(NC[C@H]1CC(=O)N(C2CC2)C1)c1cc(C2CC2)[nH]c(=O)c1. The van der Waals surface area contributed by atoms with Crippen LogP contribution in [0.2, 0.25) is 0 Å². The van der Waals surface area contributed by atoms with Gasteiger partial charge in [-0.25, -0.2) is 0 Å². The quantitative estimate of drug-likeness (QED) is 0.850. The van der Waals surface area contributed by atoms with Crippen molar-refractivity contribution in [1.82, 2.24) is 15.2 Å². The average molecular weight is 315 g/mol. The van der Waals surface area contributed by atoms with Crippen LogP contribution in [-0.4, -0.2) is 40.8 Å². The van der Waals surface area contributed by atoms with Crippen molar-refractivity contribution in [3.05, 3.63) is 33.7 Å². The van der Waals surface area contributed by atoms with Crippen LogP contribution in [0.5, 0.6) is 0 Å². The van der Waals surface area contributed by atoms with Gasteiger partial charge in [0.1, 0.15) is 0 Å². The predicted octanol–water partition coefficient (Wildman–Crippen LogP) is 0.993. The molecule has 1 aromatic rings. The van der Waals surface area contributed by atoms with Crippen LogP contribution in [0.3, 0.4) is 0 Å². The lowest BCUT2D eigenvalue weighted by Gasteiger charge is -2.15. The lowest BCUT2D eigenvalue weighted by Crippen LogP contribution is -2.32. The van der Waals surface area contributed by atoms with E-state index < -0.39 is 0 Å².